The van der Waals surface area contributed by atoms with Gasteiger partial charge < -0.3 is 14.0 Å². The van der Waals surface area contributed by atoms with Gasteiger partial charge in [-0.05, 0) is 13.3 Å². The van der Waals surface area contributed by atoms with Crippen molar-refractivity contribution in [3.05, 3.63) is 0 Å². The maximum atomic E-state index is 9.38. The normalized spacial score (nSPS) is 18.4. The molecule has 0 aromatic rings. The highest BCUT2D eigenvalue weighted by molar-refractivity contribution is 6.26. The molecule has 1 N–H and O–H groups in total. The van der Waals surface area contributed by atoms with Crippen molar-refractivity contribution >= 4 is 19.5 Å². The Bertz CT molecular complexity index is 145. The molecule has 0 aromatic carbocycles. The fraction of sp³-hybridized carbons (Fsp3) is 1.00. The van der Waals surface area contributed by atoms with Crippen LogP contribution in [0.2, 0.25) is 13.1 Å². The summed E-state index contributed by atoms with van der Waals surface area (Å²) in [5, 5.41) is 9.38. The van der Waals surface area contributed by atoms with Gasteiger partial charge in [0, 0.05) is 5.41 Å². The molecular weight excluding hydrogens is 212 g/mol. The summed E-state index contributed by atoms with van der Waals surface area (Å²) in [5.41, 5.74) is -0.0831. The van der Waals surface area contributed by atoms with Crippen LogP contribution in [0.3, 0.4) is 0 Å². The van der Waals surface area contributed by atoms with E-state index < -0.39 is 19.5 Å². The third-order valence-corrected chi connectivity index (χ3v) is 3.37. The standard InChI is InChI=1S/C9H24O3Si2/c1-7(10)6-9(2,3)8(11-13-4)12-14-5/h7-8,10H,6,13-14H2,1-5H3/t7-/m1/s1. The molecular formula is C9H24O3Si2. The van der Waals surface area contributed by atoms with Crippen LogP contribution < -0.4 is 0 Å². The van der Waals surface area contributed by atoms with Crippen LogP contribution in [-0.4, -0.2) is 37.0 Å². The summed E-state index contributed by atoms with van der Waals surface area (Å²) in [7, 11) is -0.904. The van der Waals surface area contributed by atoms with E-state index in [4.69, 9.17) is 8.85 Å². The molecule has 0 fully saturated rings. The van der Waals surface area contributed by atoms with Gasteiger partial charge in [-0.25, -0.2) is 0 Å². The van der Waals surface area contributed by atoms with E-state index in [-0.39, 0.29) is 17.8 Å². The Morgan fingerprint density at radius 2 is 1.64 bits per heavy atom. The van der Waals surface area contributed by atoms with Gasteiger partial charge >= 0.3 is 0 Å². The van der Waals surface area contributed by atoms with Crippen molar-refractivity contribution in [1.29, 1.82) is 0 Å². The Hall–Kier alpha value is 0.314. The zero-order valence-corrected chi connectivity index (χ0v) is 12.9. The number of hydrogen-bond acceptors (Lipinski definition) is 3. The molecule has 0 amide bonds. The molecule has 0 aliphatic heterocycles. The Labute approximate surface area is 92.1 Å². The van der Waals surface area contributed by atoms with Crippen LogP contribution in [0.15, 0.2) is 0 Å². The van der Waals surface area contributed by atoms with Crippen molar-refractivity contribution < 1.29 is 14.0 Å². The second-order valence-electron chi connectivity index (χ2n) is 4.28. The van der Waals surface area contributed by atoms with Crippen LogP contribution in [0.25, 0.3) is 0 Å². The summed E-state index contributed by atoms with van der Waals surface area (Å²) in [5.74, 6) is 0. The van der Waals surface area contributed by atoms with Gasteiger partial charge in [-0.1, -0.05) is 26.9 Å². The summed E-state index contributed by atoms with van der Waals surface area (Å²) in [6.07, 6.45) is 0.322. The van der Waals surface area contributed by atoms with E-state index in [1.807, 2.05) is 6.92 Å². The molecule has 0 bridgehead atoms. The Morgan fingerprint density at radius 1 is 1.21 bits per heavy atom. The van der Waals surface area contributed by atoms with Gasteiger partial charge in [0.1, 0.15) is 6.29 Å². The topological polar surface area (TPSA) is 38.7 Å². The Morgan fingerprint density at radius 3 is 1.93 bits per heavy atom. The third-order valence-electron chi connectivity index (χ3n) is 2.10. The molecule has 0 radical (unpaired) electrons. The number of rotatable bonds is 7. The monoisotopic (exact) mass is 236 g/mol. The number of aliphatic hydroxyl groups excluding tert-OH is 1. The lowest BCUT2D eigenvalue weighted by Crippen LogP contribution is -2.38. The van der Waals surface area contributed by atoms with Crippen molar-refractivity contribution in [3.8, 4) is 0 Å². The lowest BCUT2D eigenvalue weighted by atomic mass is 9.86. The maximum Gasteiger partial charge on any atom is 0.161 e. The predicted molar refractivity (Wildman–Crippen MR) is 64.9 cm³/mol. The smallest absolute Gasteiger partial charge is 0.161 e. The summed E-state index contributed by atoms with van der Waals surface area (Å²) in [6, 6.07) is 0. The van der Waals surface area contributed by atoms with Crippen molar-refractivity contribution in [2.24, 2.45) is 5.41 Å². The minimum atomic E-state index is -0.452. The molecule has 0 unspecified atom stereocenters. The minimum absolute atomic E-state index is 0.0831. The first-order valence-corrected chi connectivity index (χ1v) is 9.33. The van der Waals surface area contributed by atoms with Crippen LogP contribution in [-0.2, 0) is 8.85 Å². The summed E-state index contributed by atoms with van der Waals surface area (Å²) >= 11 is 0. The predicted octanol–water partition coefficient (Wildman–Crippen LogP) is 0.407. The molecule has 0 rings (SSSR count). The molecule has 0 aliphatic rings. The van der Waals surface area contributed by atoms with Crippen molar-refractivity contribution in [2.75, 3.05) is 0 Å². The van der Waals surface area contributed by atoms with Crippen LogP contribution in [0.5, 0.6) is 0 Å². The van der Waals surface area contributed by atoms with E-state index in [1.54, 1.807) is 0 Å². The maximum absolute atomic E-state index is 9.38. The highest BCUT2D eigenvalue weighted by Gasteiger charge is 2.31. The van der Waals surface area contributed by atoms with E-state index in [0.717, 1.165) is 6.42 Å². The third kappa shape index (κ3) is 5.26. The van der Waals surface area contributed by atoms with Crippen molar-refractivity contribution in [1.82, 2.24) is 0 Å². The van der Waals surface area contributed by atoms with Gasteiger partial charge in [-0.15, -0.1) is 0 Å². The second-order valence-corrected chi connectivity index (χ2v) is 6.11. The van der Waals surface area contributed by atoms with E-state index >= 15 is 0 Å². The average Bonchev–Trinajstić information content (AvgIpc) is 2.01. The highest BCUT2D eigenvalue weighted by atomic mass is 28.2. The number of aliphatic hydroxyl groups is 1. The van der Waals surface area contributed by atoms with Crippen LogP contribution >= 0.6 is 0 Å². The average molecular weight is 236 g/mol. The lowest BCUT2D eigenvalue weighted by molar-refractivity contribution is -0.0935. The second kappa shape index (κ2) is 6.73. The van der Waals surface area contributed by atoms with Gasteiger partial charge in [0.2, 0.25) is 0 Å². The molecule has 1 atom stereocenters. The van der Waals surface area contributed by atoms with Crippen LogP contribution in [0, 0.1) is 5.41 Å². The van der Waals surface area contributed by atoms with E-state index in [0.29, 0.717) is 0 Å². The SMILES string of the molecule is C[SiH2]OC(O[SiH2]C)C(C)(C)C[C@@H](C)O. The largest absolute Gasteiger partial charge is 0.400 e. The highest BCUT2D eigenvalue weighted by Crippen LogP contribution is 2.29. The summed E-state index contributed by atoms with van der Waals surface area (Å²) in [6.45, 7) is 10.2. The molecule has 14 heavy (non-hydrogen) atoms. The van der Waals surface area contributed by atoms with Gasteiger partial charge in [0.05, 0.1) is 6.10 Å². The first-order valence-electron chi connectivity index (χ1n) is 5.35. The lowest BCUT2D eigenvalue weighted by Gasteiger charge is -2.35. The Balaban J connectivity index is 4.28. The van der Waals surface area contributed by atoms with E-state index in [2.05, 4.69) is 26.9 Å². The fourth-order valence-electron chi connectivity index (χ4n) is 1.66. The van der Waals surface area contributed by atoms with Gasteiger partial charge in [-0.2, -0.15) is 0 Å². The molecule has 0 saturated heterocycles. The molecule has 0 saturated carbocycles. The zero-order valence-electron chi connectivity index (χ0n) is 10.0. The first-order chi connectivity index (χ1) is 6.44. The summed E-state index contributed by atoms with van der Waals surface area (Å²) in [4.78, 5) is 0. The van der Waals surface area contributed by atoms with Crippen LogP contribution in [0.1, 0.15) is 27.2 Å². The molecule has 5 heteroatoms. The minimum Gasteiger partial charge on any atom is -0.400 e. The molecule has 0 heterocycles. The summed E-state index contributed by atoms with van der Waals surface area (Å²) < 4.78 is 11.4. The fourth-order valence-corrected chi connectivity index (χ4v) is 3.55. The van der Waals surface area contributed by atoms with Crippen molar-refractivity contribution in [2.45, 2.75) is 52.7 Å². The van der Waals surface area contributed by atoms with E-state index in [9.17, 15) is 5.11 Å². The van der Waals surface area contributed by atoms with Gasteiger partial charge in [0.25, 0.3) is 0 Å². The molecule has 86 valence electrons. The molecule has 0 aromatic heterocycles. The quantitative estimate of drug-likeness (QED) is 0.514. The first kappa shape index (κ1) is 14.3. The van der Waals surface area contributed by atoms with E-state index in [1.165, 1.54) is 0 Å². The van der Waals surface area contributed by atoms with Gasteiger partial charge in [0.15, 0.2) is 19.5 Å². The zero-order chi connectivity index (χ0) is 11.2. The molecule has 0 aliphatic carbocycles. The molecule has 0 spiro atoms. The molecule has 3 nitrogen and oxygen atoms in total. The Kier molecular flexibility index (Phi) is 6.89. The van der Waals surface area contributed by atoms with Gasteiger partial charge in [-0.3, -0.25) is 0 Å². The van der Waals surface area contributed by atoms with Crippen molar-refractivity contribution in [3.63, 3.8) is 0 Å². The van der Waals surface area contributed by atoms with Crippen LogP contribution in [0.4, 0.5) is 0 Å². The number of hydrogen-bond donors (Lipinski definition) is 1.